The van der Waals surface area contributed by atoms with Crippen LogP contribution in [0.5, 0.6) is 0 Å². The van der Waals surface area contributed by atoms with E-state index in [2.05, 4.69) is 0 Å². The van der Waals surface area contributed by atoms with Gasteiger partial charge in [0.2, 0.25) is 0 Å². The number of benzene rings is 2. The van der Waals surface area contributed by atoms with Crippen LogP contribution in [-0.4, -0.2) is 33.7 Å². The summed E-state index contributed by atoms with van der Waals surface area (Å²) in [6.07, 6.45) is 0. The number of carbonyl (C=O) groups is 2. The molecule has 1 heterocycles. The molecule has 0 aromatic heterocycles. The van der Waals surface area contributed by atoms with E-state index in [0.717, 1.165) is 5.56 Å². The van der Waals surface area contributed by atoms with Gasteiger partial charge in [-0.15, -0.1) is 11.8 Å². The summed E-state index contributed by atoms with van der Waals surface area (Å²) < 4.78 is 0. The number of carboxylic acid groups (broad SMARTS) is 1. The monoisotopic (exact) mass is 313 g/mol. The minimum Gasteiger partial charge on any atom is -0.480 e. The Kier molecular flexibility index (Phi) is 4.15. The summed E-state index contributed by atoms with van der Waals surface area (Å²) in [6.45, 7) is 0. The van der Waals surface area contributed by atoms with Crippen LogP contribution in [0.2, 0.25) is 0 Å². The number of nitrogens with zero attached hydrogens (tertiary/aromatic N) is 1. The molecular weight excluding hydrogens is 298 g/mol. The van der Waals surface area contributed by atoms with Gasteiger partial charge in [-0.2, -0.15) is 0 Å². The fourth-order valence-electron chi connectivity index (χ4n) is 2.55. The summed E-state index contributed by atoms with van der Waals surface area (Å²) in [4.78, 5) is 25.8. The molecule has 1 amide bonds. The highest BCUT2D eigenvalue weighted by molar-refractivity contribution is 7.99. The zero-order valence-corrected chi connectivity index (χ0v) is 12.6. The molecule has 22 heavy (non-hydrogen) atoms. The predicted octanol–water partition coefficient (Wildman–Crippen LogP) is 3.03. The summed E-state index contributed by atoms with van der Waals surface area (Å²) in [6, 6.07) is 17.6. The minimum absolute atomic E-state index is 0.244. The Bertz CT molecular complexity index is 675. The Morgan fingerprint density at radius 3 is 2.18 bits per heavy atom. The van der Waals surface area contributed by atoms with Crippen molar-refractivity contribution in [1.29, 1.82) is 0 Å². The van der Waals surface area contributed by atoms with Crippen molar-refractivity contribution >= 4 is 23.6 Å². The van der Waals surface area contributed by atoms with E-state index in [4.69, 9.17) is 0 Å². The van der Waals surface area contributed by atoms with Crippen LogP contribution in [0.4, 0.5) is 0 Å². The van der Waals surface area contributed by atoms with Crippen molar-refractivity contribution in [3.05, 3.63) is 71.8 Å². The maximum Gasteiger partial charge on any atom is 0.327 e. The van der Waals surface area contributed by atoms with Crippen molar-refractivity contribution in [3.8, 4) is 0 Å². The van der Waals surface area contributed by atoms with Crippen LogP contribution in [0.15, 0.2) is 60.7 Å². The van der Waals surface area contributed by atoms with Crippen LogP contribution >= 0.6 is 11.8 Å². The first kappa shape index (κ1) is 14.7. The van der Waals surface area contributed by atoms with Gasteiger partial charge in [-0.3, -0.25) is 4.79 Å². The molecule has 2 atom stereocenters. The number of carboxylic acids is 1. The highest BCUT2D eigenvalue weighted by atomic mass is 32.2. The highest BCUT2D eigenvalue weighted by Gasteiger charge is 2.42. The van der Waals surface area contributed by atoms with E-state index in [0.29, 0.717) is 11.3 Å². The molecule has 0 aliphatic carbocycles. The second-order valence-corrected chi connectivity index (χ2v) is 6.14. The van der Waals surface area contributed by atoms with Gasteiger partial charge in [0.1, 0.15) is 11.4 Å². The highest BCUT2D eigenvalue weighted by Crippen LogP contribution is 2.42. The Morgan fingerprint density at radius 2 is 1.59 bits per heavy atom. The van der Waals surface area contributed by atoms with Gasteiger partial charge in [-0.25, -0.2) is 4.79 Å². The van der Waals surface area contributed by atoms with Gasteiger partial charge in [-0.1, -0.05) is 48.5 Å². The maximum atomic E-state index is 12.8. The minimum atomic E-state index is -0.963. The molecule has 1 aliphatic heterocycles. The van der Waals surface area contributed by atoms with Gasteiger partial charge in [0.05, 0.1) is 0 Å². The van der Waals surface area contributed by atoms with Gasteiger partial charge in [0.25, 0.3) is 5.91 Å². The molecule has 3 rings (SSSR count). The van der Waals surface area contributed by atoms with Crippen LogP contribution in [-0.2, 0) is 4.79 Å². The standard InChI is InChI=1S/C17H15NO3S/c19-15(12-7-3-1-4-8-12)18-14(17(20)21)11-22-16(18)13-9-5-2-6-10-13/h1-10,14,16H,11H2,(H,20,21)/t14-,16?/m0/s1. The number of aliphatic carboxylic acids is 1. The predicted molar refractivity (Wildman–Crippen MR) is 85.7 cm³/mol. The Morgan fingerprint density at radius 1 is 1.00 bits per heavy atom. The fourth-order valence-corrected chi connectivity index (χ4v) is 3.97. The van der Waals surface area contributed by atoms with Crippen molar-refractivity contribution in [3.63, 3.8) is 0 Å². The Balaban J connectivity index is 1.98. The molecular formula is C17H15NO3S. The molecule has 112 valence electrons. The van der Waals surface area contributed by atoms with E-state index in [1.54, 1.807) is 24.3 Å². The van der Waals surface area contributed by atoms with E-state index in [1.807, 2.05) is 36.4 Å². The normalized spacial score (nSPS) is 20.8. The lowest BCUT2D eigenvalue weighted by Crippen LogP contribution is -2.42. The third-order valence-corrected chi connectivity index (χ3v) is 4.95. The summed E-state index contributed by atoms with van der Waals surface area (Å²) >= 11 is 1.49. The first-order valence-electron chi connectivity index (χ1n) is 6.95. The fraction of sp³-hybridized carbons (Fsp3) is 0.176. The van der Waals surface area contributed by atoms with Crippen molar-refractivity contribution in [1.82, 2.24) is 4.90 Å². The number of amides is 1. The topological polar surface area (TPSA) is 57.6 Å². The van der Waals surface area contributed by atoms with E-state index in [-0.39, 0.29) is 11.3 Å². The smallest absolute Gasteiger partial charge is 0.327 e. The molecule has 1 N–H and O–H groups in total. The van der Waals surface area contributed by atoms with Crippen molar-refractivity contribution in [2.24, 2.45) is 0 Å². The van der Waals surface area contributed by atoms with Crippen LogP contribution in [0.25, 0.3) is 0 Å². The Hall–Kier alpha value is -2.27. The summed E-state index contributed by atoms with van der Waals surface area (Å²) in [5, 5.41) is 9.17. The number of hydrogen-bond acceptors (Lipinski definition) is 3. The SMILES string of the molecule is O=C(O)[C@@H]1CSC(c2ccccc2)N1C(=O)c1ccccc1. The summed E-state index contributed by atoms with van der Waals surface area (Å²) in [5.41, 5.74) is 1.46. The van der Waals surface area contributed by atoms with Crippen LogP contribution in [0.1, 0.15) is 21.3 Å². The second kappa shape index (κ2) is 6.23. The Labute approximate surface area is 132 Å². The van der Waals surface area contributed by atoms with Gasteiger partial charge in [0.15, 0.2) is 0 Å². The molecule has 4 nitrogen and oxygen atoms in total. The molecule has 1 unspecified atom stereocenters. The molecule has 0 bridgehead atoms. The average Bonchev–Trinajstić information content (AvgIpc) is 3.01. The van der Waals surface area contributed by atoms with E-state index in [1.165, 1.54) is 16.7 Å². The van der Waals surface area contributed by atoms with Crippen LogP contribution < -0.4 is 0 Å². The van der Waals surface area contributed by atoms with Gasteiger partial charge >= 0.3 is 5.97 Å². The van der Waals surface area contributed by atoms with Crippen molar-refractivity contribution in [2.75, 3.05) is 5.75 Å². The maximum absolute atomic E-state index is 12.8. The molecule has 0 radical (unpaired) electrons. The lowest BCUT2D eigenvalue weighted by molar-refractivity contribution is -0.141. The zero-order valence-electron chi connectivity index (χ0n) is 11.8. The number of rotatable bonds is 3. The molecule has 1 fully saturated rings. The molecule has 0 spiro atoms. The average molecular weight is 313 g/mol. The third kappa shape index (κ3) is 2.72. The quantitative estimate of drug-likeness (QED) is 0.946. The number of carbonyl (C=O) groups excluding carboxylic acids is 1. The van der Waals surface area contributed by atoms with Gasteiger partial charge < -0.3 is 10.0 Å². The van der Waals surface area contributed by atoms with Crippen molar-refractivity contribution < 1.29 is 14.7 Å². The first-order chi connectivity index (χ1) is 10.7. The zero-order chi connectivity index (χ0) is 15.5. The molecule has 0 saturated carbocycles. The molecule has 2 aromatic carbocycles. The lowest BCUT2D eigenvalue weighted by atomic mass is 10.1. The summed E-state index contributed by atoms with van der Waals surface area (Å²) in [5.74, 6) is -0.810. The van der Waals surface area contributed by atoms with Crippen LogP contribution in [0.3, 0.4) is 0 Å². The van der Waals surface area contributed by atoms with E-state index >= 15 is 0 Å². The molecule has 1 aliphatic rings. The number of thioether (sulfide) groups is 1. The second-order valence-electron chi connectivity index (χ2n) is 5.03. The molecule has 1 saturated heterocycles. The van der Waals surface area contributed by atoms with Gasteiger partial charge in [0, 0.05) is 11.3 Å². The molecule has 5 heteroatoms. The van der Waals surface area contributed by atoms with E-state index < -0.39 is 12.0 Å². The van der Waals surface area contributed by atoms with Gasteiger partial charge in [-0.05, 0) is 17.7 Å². The molecule has 2 aromatic rings. The summed E-state index contributed by atoms with van der Waals surface area (Å²) in [7, 11) is 0. The van der Waals surface area contributed by atoms with Crippen molar-refractivity contribution in [2.45, 2.75) is 11.4 Å². The van der Waals surface area contributed by atoms with Crippen LogP contribution in [0, 0.1) is 0 Å². The lowest BCUT2D eigenvalue weighted by Gasteiger charge is -2.27. The largest absolute Gasteiger partial charge is 0.480 e. The van der Waals surface area contributed by atoms with E-state index in [9.17, 15) is 14.7 Å². The third-order valence-electron chi connectivity index (χ3n) is 3.63. The first-order valence-corrected chi connectivity index (χ1v) is 8.00. The number of hydrogen-bond donors (Lipinski definition) is 1.